The molecule has 0 spiro atoms. The van der Waals surface area contributed by atoms with Gasteiger partial charge in [-0.3, -0.25) is 0 Å². The zero-order valence-corrected chi connectivity index (χ0v) is 63.1. The maximum Gasteiger partial charge on any atom is 0.252 e. The van der Waals surface area contributed by atoms with Gasteiger partial charge >= 0.3 is 0 Å². The Kier molecular flexibility index (Phi) is 15.6. The Morgan fingerprint density at radius 2 is 0.577 bits per heavy atom. The van der Waals surface area contributed by atoms with Gasteiger partial charge in [0.05, 0.1) is 33.4 Å². The molecule has 0 amide bonds. The lowest BCUT2D eigenvalue weighted by molar-refractivity contribution is 0.411. The third-order valence-electron chi connectivity index (χ3n) is 22.2. The number of hydrogen-bond donors (Lipinski definition) is 0. The number of hydrogen-bond acceptors (Lipinski definition) is 2. The Balaban J connectivity index is 1.02. The van der Waals surface area contributed by atoms with E-state index >= 15 is 0 Å². The van der Waals surface area contributed by atoms with Gasteiger partial charge in [-0.2, -0.15) is 0 Å². The van der Waals surface area contributed by atoms with Gasteiger partial charge in [-0.1, -0.05) is 286 Å². The Bertz CT molecular complexity index is 5400. The Hall–Kier alpha value is -10.9. The highest BCUT2D eigenvalue weighted by Crippen LogP contribution is 2.52. The molecule has 0 saturated carbocycles. The molecule has 4 nitrogen and oxygen atoms in total. The lowest BCUT2D eigenvalue weighted by Crippen LogP contribution is -2.61. The van der Waals surface area contributed by atoms with Gasteiger partial charge < -0.3 is 18.9 Å². The highest BCUT2D eigenvalue weighted by Gasteiger charge is 2.45. The first-order valence-electron chi connectivity index (χ1n) is 37.5. The van der Waals surface area contributed by atoms with Crippen LogP contribution in [0.5, 0.6) is 0 Å². The van der Waals surface area contributed by atoms with Crippen LogP contribution in [0.3, 0.4) is 0 Å². The molecule has 2 aromatic heterocycles. The first-order valence-corrected chi connectivity index (χ1v) is 37.5. The van der Waals surface area contributed by atoms with Crippen LogP contribution in [0.4, 0.5) is 34.1 Å². The highest BCUT2D eigenvalue weighted by molar-refractivity contribution is 7.00. The van der Waals surface area contributed by atoms with Gasteiger partial charge in [0.15, 0.2) is 0 Å². The third-order valence-corrected chi connectivity index (χ3v) is 22.2. The maximum atomic E-state index is 2.70. The van der Waals surface area contributed by atoms with Crippen LogP contribution in [0.1, 0.15) is 132 Å². The van der Waals surface area contributed by atoms with Crippen molar-refractivity contribution < 1.29 is 0 Å². The largest absolute Gasteiger partial charge is 0.311 e. The van der Waals surface area contributed by atoms with Crippen LogP contribution in [0.2, 0.25) is 0 Å². The second kappa shape index (κ2) is 24.4. The molecular weight excluding hydrogens is 1260 g/mol. The van der Waals surface area contributed by atoms with Crippen LogP contribution in [0.15, 0.2) is 279 Å². The summed E-state index contributed by atoms with van der Waals surface area (Å²) in [4.78, 5) is 5.40. The molecule has 4 heterocycles. The monoisotopic (exact) mass is 1350 g/mol. The SMILES string of the molecule is CC(C)(C)Cc1cc2c3c(c1)N(c1cc(-c4ccccc4)ccc1-c1ccccc1)c1cc(-n4c5ccc(C(C)(C)C)cc5c5cc(C(C)(C)C)ccc54)ccc1B3c1ccc(-n3c4ccc(C(C)(C)C)cc4c4cc(C(C)(C)C)ccc43)cc1N2c1cc(-c2ccccc2)ccc1-c1ccccc1. The van der Waals surface area contributed by atoms with Crippen molar-refractivity contribution in [2.75, 3.05) is 9.80 Å². The lowest BCUT2D eigenvalue weighted by atomic mass is 9.33. The van der Waals surface area contributed by atoms with Crippen LogP contribution in [0.25, 0.3) is 99.5 Å². The van der Waals surface area contributed by atoms with Crippen LogP contribution in [-0.2, 0) is 28.1 Å². The van der Waals surface area contributed by atoms with E-state index in [1.165, 1.54) is 110 Å². The molecule has 15 aromatic rings. The summed E-state index contributed by atoms with van der Waals surface area (Å²) >= 11 is 0. The molecule has 17 rings (SSSR count). The van der Waals surface area contributed by atoms with Crippen molar-refractivity contribution in [3.05, 3.63) is 307 Å². The molecular formula is C99H93BN4. The Morgan fingerprint density at radius 3 is 0.885 bits per heavy atom. The fourth-order valence-corrected chi connectivity index (χ4v) is 16.8. The summed E-state index contributed by atoms with van der Waals surface area (Å²) in [6.45, 7) is 35.0. The minimum atomic E-state index is -0.206. The van der Waals surface area contributed by atoms with Gasteiger partial charge in [0.25, 0.3) is 6.71 Å². The van der Waals surface area contributed by atoms with E-state index in [1.54, 1.807) is 0 Å². The topological polar surface area (TPSA) is 16.3 Å². The quantitative estimate of drug-likeness (QED) is 0.134. The predicted octanol–water partition coefficient (Wildman–Crippen LogP) is 25.4. The average molecular weight is 1350 g/mol. The van der Waals surface area contributed by atoms with Gasteiger partial charge in [0.2, 0.25) is 0 Å². The van der Waals surface area contributed by atoms with E-state index in [1.807, 2.05) is 0 Å². The smallest absolute Gasteiger partial charge is 0.252 e. The molecule has 0 fully saturated rings. The summed E-state index contributed by atoms with van der Waals surface area (Å²) in [5, 5.41) is 5.08. The van der Waals surface area contributed by atoms with Crippen LogP contribution in [0, 0.1) is 5.41 Å². The van der Waals surface area contributed by atoms with E-state index in [4.69, 9.17) is 0 Å². The molecule has 0 radical (unpaired) electrons. The number of anilines is 6. The van der Waals surface area contributed by atoms with Gasteiger partial charge in [-0.05, 0) is 208 Å². The molecule has 512 valence electrons. The number of benzene rings is 13. The first-order chi connectivity index (χ1) is 49.7. The molecule has 0 saturated heterocycles. The summed E-state index contributed by atoms with van der Waals surface area (Å²) in [7, 11) is 0. The van der Waals surface area contributed by atoms with Crippen molar-refractivity contribution in [1.29, 1.82) is 0 Å². The molecule has 0 N–H and O–H groups in total. The second-order valence-corrected chi connectivity index (χ2v) is 34.9. The zero-order valence-electron chi connectivity index (χ0n) is 63.1. The molecule has 0 atom stereocenters. The predicted molar refractivity (Wildman–Crippen MR) is 449 cm³/mol. The Labute approximate surface area is 616 Å². The normalized spacial score (nSPS) is 13.3. The summed E-state index contributed by atoms with van der Waals surface area (Å²) in [6.07, 6.45) is 0.841. The molecule has 2 aliphatic rings. The van der Waals surface area contributed by atoms with Gasteiger partial charge in [0.1, 0.15) is 0 Å². The van der Waals surface area contributed by atoms with Crippen LogP contribution >= 0.6 is 0 Å². The lowest BCUT2D eigenvalue weighted by Gasteiger charge is -2.45. The minimum absolute atomic E-state index is 0.0460. The standard InChI is InChI=1S/C99H93BN4/c1-95(2,3)62-63-52-92-94-93(53-63)104(89-55-69(65-30-22-17-23-31-65)37-45-77(89)67-34-26-19-27-35-67)91-61-75(102-86-50-40-72(98(10,11)12)58-80(86)81-59-73(99(13,14)15)41-51-87(81)102)43-47-83(91)100(94)82-46-42-74(101-84-48-38-70(96(4,5)6)56-78(84)79-57-71(97(7,8)9)39-49-85(79)101)60-90(82)103(92)88-54-68(64-28-20-16-21-29-64)36-44-76(88)66-32-24-18-25-33-66/h16-61H,62H2,1-15H3. The third kappa shape index (κ3) is 11.5. The van der Waals surface area contributed by atoms with E-state index < -0.39 is 0 Å². The number of rotatable bonds is 9. The second-order valence-electron chi connectivity index (χ2n) is 34.9. The van der Waals surface area contributed by atoms with Crippen molar-refractivity contribution in [3.63, 3.8) is 0 Å². The maximum absolute atomic E-state index is 2.70. The van der Waals surface area contributed by atoms with E-state index in [9.17, 15) is 0 Å². The fourth-order valence-electron chi connectivity index (χ4n) is 16.8. The van der Waals surface area contributed by atoms with E-state index in [-0.39, 0.29) is 33.8 Å². The zero-order chi connectivity index (χ0) is 72.1. The molecule has 2 aliphatic heterocycles. The molecule has 13 aromatic carbocycles. The molecule has 104 heavy (non-hydrogen) atoms. The van der Waals surface area contributed by atoms with Crippen molar-refractivity contribution in [3.8, 4) is 55.9 Å². The molecule has 0 unspecified atom stereocenters. The number of fused-ring (bicyclic) bond motifs is 10. The van der Waals surface area contributed by atoms with Gasteiger partial charge in [-0.15, -0.1) is 0 Å². The summed E-state index contributed by atoms with van der Waals surface area (Å²) in [6, 6.07) is 108. The van der Waals surface area contributed by atoms with Crippen molar-refractivity contribution in [2.45, 2.75) is 132 Å². The molecule has 5 heteroatoms. The van der Waals surface area contributed by atoms with Gasteiger partial charge in [0, 0.05) is 66.8 Å². The highest BCUT2D eigenvalue weighted by atomic mass is 15.2. The van der Waals surface area contributed by atoms with Crippen molar-refractivity contribution in [2.24, 2.45) is 5.41 Å². The summed E-state index contributed by atoms with van der Waals surface area (Å²) in [5.41, 5.74) is 33.3. The van der Waals surface area contributed by atoms with Crippen molar-refractivity contribution >= 4 is 101 Å². The molecule has 0 aliphatic carbocycles. The first kappa shape index (κ1) is 66.4. The van der Waals surface area contributed by atoms with E-state index in [0.717, 1.165) is 73.9 Å². The number of aromatic nitrogens is 2. The summed E-state index contributed by atoms with van der Waals surface area (Å²) in [5.74, 6) is 0. The van der Waals surface area contributed by atoms with Crippen LogP contribution in [-0.4, -0.2) is 15.8 Å². The average Bonchev–Trinajstić information content (AvgIpc) is 0.751. The minimum Gasteiger partial charge on any atom is -0.311 e. The van der Waals surface area contributed by atoms with E-state index in [2.05, 4.69) is 402 Å². The number of nitrogens with zero attached hydrogens (tertiary/aromatic N) is 4. The molecule has 0 bridgehead atoms. The Morgan fingerprint density at radius 1 is 0.260 bits per heavy atom. The van der Waals surface area contributed by atoms with E-state index in [0.29, 0.717) is 0 Å². The fraction of sp³-hybridized carbons (Fsp3) is 0.212. The van der Waals surface area contributed by atoms with Gasteiger partial charge in [-0.25, -0.2) is 0 Å². The van der Waals surface area contributed by atoms with Crippen molar-refractivity contribution in [1.82, 2.24) is 9.13 Å². The van der Waals surface area contributed by atoms with Crippen LogP contribution < -0.4 is 26.2 Å². The summed E-state index contributed by atoms with van der Waals surface area (Å²) < 4.78 is 5.12.